The van der Waals surface area contributed by atoms with Crippen LogP contribution in [-0.2, 0) is 11.3 Å². The zero-order valence-electron chi connectivity index (χ0n) is 17.3. The molecule has 6 heteroatoms. The standard InChI is InChI=1S/C24H23N3O2S/c1-16-12-18(3)23-20(13-16)26-24(30-23)27(14-19-9-6-7-11-25-19)22(28)15-29-21-10-5-4-8-17(21)2/h4-13H,14-15H2,1-3H3. The third-order valence-electron chi connectivity index (χ3n) is 4.83. The first kappa shape index (κ1) is 20.0. The van der Waals surface area contributed by atoms with Crippen molar-refractivity contribution in [2.75, 3.05) is 11.5 Å². The van der Waals surface area contributed by atoms with Gasteiger partial charge in [0.1, 0.15) is 5.75 Å². The molecular formula is C24H23N3O2S. The van der Waals surface area contributed by atoms with Crippen LogP contribution in [0.5, 0.6) is 5.75 Å². The molecule has 0 N–H and O–H groups in total. The number of carbonyl (C=O) groups excluding carboxylic acids is 1. The van der Waals surface area contributed by atoms with E-state index in [1.165, 1.54) is 11.3 Å². The van der Waals surface area contributed by atoms with Crippen molar-refractivity contribution in [3.05, 3.63) is 83.2 Å². The Balaban J connectivity index is 1.65. The second kappa shape index (κ2) is 8.63. The molecule has 4 rings (SSSR count). The Bertz CT molecular complexity index is 1190. The highest BCUT2D eigenvalue weighted by Gasteiger charge is 2.22. The summed E-state index contributed by atoms with van der Waals surface area (Å²) in [6.07, 6.45) is 1.73. The minimum atomic E-state index is -0.155. The molecule has 0 saturated carbocycles. The van der Waals surface area contributed by atoms with Crippen LogP contribution in [0, 0.1) is 20.8 Å². The molecule has 2 heterocycles. The van der Waals surface area contributed by atoms with Crippen molar-refractivity contribution in [2.24, 2.45) is 0 Å². The fourth-order valence-corrected chi connectivity index (χ4v) is 4.36. The summed E-state index contributed by atoms with van der Waals surface area (Å²) in [7, 11) is 0. The lowest BCUT2D eigenvalue weighted by Gasteiger charge is -2.20. The van der Waals surface area contributed by atoms with Gasteiger partial charge in [-0.25, -0.2) is 4.98 Å². The van der Waals surface area contributed by atoms with Crippen molar-refractivity contribution in [3.8, 4) is 5.75 Å². The zero-order valence-corrected chi connectivity index (χ0v) is 18.1. The number of aryl methyl sites for hydroxylation is 3. The Morgan fingerprint density at radius 3 is 2.60 bits per heavy atom. The lowest BCUT2D eigenvalue weighted by atomic mass is 10.1. The van der Waals surface area contributed by atoms with Crippen molar-refractivity contribution in [1.82, 2.24) is 9.97 Å². The van der Waals surface area contributed by atoms with E-state index in [0.29, 0.717) is 17.4 Å². The molecule has 0 bridgehead atoms. The van der Waals surface area contributed by atoms with Crippen LogP contribution >= 0.6 is 11.3 Å². The number of hydrogen-bond acceptors (Lipinski definition) is 5. The molecule has 0 saturated heterocycles. The van der Waals surface area contributed by atoms with Crippen molar-refractivity contribution in [1.29, 1.82) is 0 Å². The topological polar surface area (TPSA) is 55.3 Å². The van der Waals surface area contributed by atoms with E-state index in [9.17, 15) is 4.79 Å². The summed E-state index contributed by atoms with van der Waals surface area (Å²) in [6.45, 7) is 6.37. The molecule has 0 aliphatic carbocycles. The predicted octanol–water partition coefficient (Wildman–Crippen LogP) is 5.23. The third kappa shape index (κ3) is 4.33. The van der Waals surface area contributed by atoms with Crippen LogP contribution in [-0.4, -0.2) is 22.5 Å². The molecule has 2 aromatic heterocycles. The number of aromatic nitrogens is 2. The summed E-state index contributed by atoms with van der Waals surface area (Å²) in [6, 6.07) is 17.6. The third-order valence-corrected chi connectivity index (χ3v) is 6.06. The summed E-state index contributed by atoms with van der Waals surface area (Å²) in [5.41, 5.74) is 5.02. The van der Waals surface area contributed by atoms with E-state index in [4.69, 9.17) is 9.72 Å². The Hall–Kier alpha value is -3.25. The van der Waals surface area contributed by atoms with Crippen LogP contribution in [0.25, 0.3) is 10.2 Å². The van der Waals surface area contributed by atoms with Crippen molar-refractivity contribution >= 4 is 32.6 Å². The first-order valence-corrected chi connectivity index (χ1v) is 10.6. The molecule has 0 atom stereocenters. The minimum Gasteiger partial charge on any atom is -0.483 e. The summed E-state index contributed by atoms with van der Waals surface area (Å²) in [5.74, 6) is 0.553. The van der Waals surface area contributed by atoms with Crippen LogP contribution in [0.4, 0.5) is 5.13 Å². The molecule has 1 amide bonds. The number of fused-ring (bicyclic) bond motifs is 1. The summed E-state index contributed by atoms with van der Waals surface area (Å²) in [4.78, 5) is 24.0. The normalized spacial score (nSPS) is 10.9. The maximum Gasteiger partial charge on any atom is 0.267 e. The van der Waals surface area contributed by atoms with Gasteiger partial charge in [0.05, 0.1) is 22.5 Å². The Morgan fingerprint density at radius 2 is 1.83 bits per heavy atom. The molecule has 152 valence electrons. The molecule has 0 radical (unpaired) electrons. The van der Waals surface area contributed by atoms with E-state index in [0.717, 1.165) is 32.6 Å². The molecule has 0 aliphatic rings. The zero-order chi connectivity index (χ0) is 21.1. The molecule has 0 unspecified atom stereocenters. The average Bonchev–Trinajstić information content (AvgIpc) is 3.16. The molecule has 0 spiro atoms. The fraction of sp³-hybridized carbons (Fsp3) is 0.208. The molecule has 2 aromatic carbocycles. The highest BCUT2D eigenvalue weighted by molar-refractivity contribution is 7.22. The van der Waals surface area contributed by atoms with E-state index in [2.05, 4.69) is 31.0 Å². The van der Waals surface area contributed by atoms with E-state index < -0.39 is 0 Å². The number of anilines is 1. The monoisotopic (exact) mass is 417 g/mol. The molecule has 5 nitrogen and oxygen atoms in total. The van der Waals surface area contributed by atoms with Gasteiger partial charge in [-0.05, 0) is 61.7 Å². The lowest BCUT2D eigenvalue weighted by molar-refractivity contribution is -0.120. The summed E-state index contributed by atoms with van der Waals surface area (Å²) >= 11 is 1.52. The smallest absolute Gasteiger partial charge is 0.267 e. The van der Waals surface area contributed by atoms with Gasteiger partial charge in [-0.15, -0.1) is 0 Å². The first-order valence-electron chi connectivity index (χ1n) is 9.78. The number of pyridine rings is 1. The quantitative estimate of drug-likeness (QED) is 0.431. The van der Waals surface area contributed by atoms with Crippen molar-refractivity contribution in [3.63, 3.8) is 0 Å². The molecule has 30 heavy (non-hydrogen) atoms. The van der Waals surface area contributed by atoms with Gasteiger partial charge in [0.2, 0.25) is 0 Å². The highest BCUT2D eigenvalue weighted by atomic mass is 32.1. The van der Waals surface area contributed by atoms with Gasteiger partial charge in [-0.1, -0.05) is 41.7 Å². The Morgan fingerprint density at radius 1 is 1.03 bits per heavy atom. The van der Waals surface area contributed by atoms with E-state index >= 15 is 0 Å². The SMILES string of the molecule is Cc1cc(C)c2sc(N(Cc3ccccn3)C(=O)COc3ccccc3C)nc2c1. The second-order valence-electron chi connectivity index (χ2n) is 7.28. The number of nitrogens with zero attached hydrogens (tertiary/aromatic N) is 3. The van der Waals surface area contributed by atoms with Gasteiger partial charge in [-0.2, -0.15) is 0 Å². The average molecular weight is 418 g/mol. The van der Waals surface area contributed by atoms with Gasteiger partial charge in [-0.3, -0.25) is 14.7 Å². The van der Waals surface area contributed by atoms with Gasteiger partial charge in [0.15, 0.2) is 11.7 Å². The second-order valence-corrected chi connectivity index (χ2v) is 8.26. The van der Waals surface area contributed by atoms with E-state index in [1.54, 1.807) is 11.1 Å². The van der Waals surface area contributed by atoms with Gasteiger partial charge in [0, 0.05) is 6.20 Å². The number of amides is 1. The number of rotatable bonds is 6. The van der Waals surface area contributed by atoms with E-state index in [1.807, 2.05) is 49.4 Å². The number of para-hydroxylation sites is 1. The predicted molar refractivity (Wildman–Crippen MR) is 121 cm³/mol. The highest BCUT2D eigenvalue weighted by Crippen LogP contribution is 2.33. The number of thiazole rings is 1. The maximum absolute atomic E-state index is 13.2. The van der Waals surface area contributed by atoms with Crippen molar-refractivity contribution < 1.29 is 9.53 Å². The van der Waals surface area contributed by atoms with Crippen molar-refractivity contribution in [2.45, 2.75) is 27.3 Å². The van der Waals surface area contributed by atoms with Crippen LogP contribution in [0.3, 0.4) is 0 Å². The number of ether oxygens (including phenoxy) is 1. The molecule has 4 aromatic rings. The van der Waals surface area contributed by atoms with Gasteiger partial charge >= 0.3 is 0 Å². The van der Waals surface area contributed by atoms with Crippen LogP contribution < -0.4 is 9.64 Å². The first-order chi connectivity index (χ1) is 14.5. The molecular weight excluding hydrogens is 394 g/mol. The lowest BCUT2D eigenvalue weighted by Crippen LogP contribution is -2.34. The van der Waals surface area contributed by atoms with Crippen LogP contribution in [0.15, 0.2) is 60.8 Å². The van der Waals surface area contributed by atoms with E-state index in [-0.39, 0.29) is 12.5 Å². The summed E-state index contributed by atoms with van der Waals surface area (Å²) in [5, 5.41) is 0.655. The van der Waals surface area contributed by atoms with Crippen LogP contribution in [0.2, 0.25) is 0 Å². The number of hydrogen-bond donors (Lipinski definition) is 0. The number of benzene rings is 2. The maximum atomic E-state index is 13.2. The van der Waals surface area contributed by atoms with Gasteiger partial charge < -0.3 is 4.74 Å². The molecule has 0 aliphatic heterocycles. The Labute approximate surface area is 180 Å². The Kier molecular flexibility index (Phi) is 5.77. The largest absolute Gasteiger partial charge is 0.483 e. The minimum absolute atomic E-state index is 0.0639. The number of carbonyl (C=O) groups is 1. The van der Waals surface area contributed by atoms with Gasteiger partial charge in [0.25, 0.3) is 5.91 Å². The summed E-state index contributed by atoms with van der Waals surface area (Å²) < 4.78 is 6.91. The molecule has 0 fully saturated rings. The van der Waals surface area contributed by atoms with Crippen LogP contribution in [0.1, 0.15) is 22.4 Å². The fourth-order valence-electron chi connectivity index (χ4n) is 3.33.